The third-order valence-electron chi connectivity index (χ3n) is 2.87. The number of thioether (sulfide) groups is 1. The summed E-state index contributed by atoms with van der Waals surface area (Å²) >= 11 is 7.41. The molecule has 0 unspecified atom stereocenters. The molecule has 1 amide bonds. The number of hydrogen-bond donors (Lipinski definition) is 0. The average molecular weight is 286 g/mol. The summed E-state index contributed by atoms with van der Waals surface area (Å²) in [7, 11) is 0. The Kier molecular flexibility index (Phi) is 7.19. The van der Waals surface area contributed by atoms with Gasteiger partial charge in [0.25, 0.3) is 6.43 Å². The molecule has 0 saturated carbocycles. The van der Waals surface area contributed by atoms with Gasteiger partial charge in [0.2, 0.25) is 5.91 Å². The summed E-state index contributed by atoms with van der Waals surface area (Å²) in [5, 5.41) is 0. The van der Waals surface area contributed by atoms with Gasteiger partial charge >= 0.3 is 0 Å². The smallest absolute Gasteiger partial charge is 0.255 e. The molecule has 0 N–H and O–H groups in total. The number of nitrogens with zero attached hydrogens (tertiary/aromatic N) is 1. The predicted molar refractivity (Wildman–Crippen MR) is 68.0 cm³/mol. The zero-order valence-corrected chi connectivity index (χ0v) is 11.3. The van der Waals surface area contributed by atoms with Crippen LogP contribution in [0, 0.1) is 5.92 Å². The molecule has 0 radical (unpaired) electrons. The van der Waals surface area contributed by atoms with E-state index in [2.05, 4.69) is 0 Å². The van der Waals surface area contributed by atoms with Crippen LogP contribution in [-0.2, 0) is 4.79 Å². The van der Waals surface area contributed by atoms with E-state index in [1.165, 1.54) is 4.90 Å². The van der Waals surface area contributed by atoms with E-state index in [0.29, 0.717) is 12.3 Å². The molecule has 1 rings (SSSR count). The molecule has 1 aliphatic heterocycles. The maximum Gasteiger partial charge on any atom is 0.255 e. The van der Waals surface area contributed by atoms with Crippen molar-refractivity contribution in [3.05, 3.63) is 0 Å². The van der Waals surface area contributed by atoms with Gasteiger partial charge < -0.3 is 4.90 Å². The number of halogens is 3. The summed E-state index contributed by atoms with van der Waals surface area (Å²) in [6.45, 7) is -0.279. The Morgan fingerprint density at radius 2 is 2.06 bits per heavy atom. The van der Waals surface area contributed by atoms with Crippen LogP contribution in [0.5, 0.6) is 0 Å². The lowest BCUT2D eigenvalue weighted by Crippen LogP contribution is -2.37. The van der Waals surface area contributed by atoms with Gasteiger partial charge in [-0.2, -0.15) is 11.8 Å². The van der Waals surface area contributed by atoms with Crippen molar-refractivity contribution in [2.24, 2.45) is 5.92 Å². The van der Waals surface area contributed by atoms with E-state index in [0.717, 1.165) is 24.3 Å². The Bertz CT molecular complexity index is 238. The van der Waals surface area contributed by atoms with Gasteiger partial charge in [-0.3, -0.25) is 4.79 Å². The van der Waals surface area contributed by atoms with Crippen molar-refractivity contribution in [2.45, 2.75) is 25.7 Å². The summed E-state index contributed by atoms with van der Waals surface area (Å²) in [5.74, 6) is 2.53. The molecule has 1 fully saturated rings. The normalized spacial score (nSPS) is 17.4. The van der Waals surface area contributed by atoms with Crippen molar-refractivity contribution < 1.29 is 13.6 Å². The molecule has 1 heterocycles. The third kappa shape index (κ3) is 5.91. The van der Waals surface area contributed by atoms with Crippen LogP contribution in [0.3, 0.4) is 0 Å². The molecule has 1 aliphatic rings. The number of carbonyl (C=O) groups is 1. The van der Waals surface area contributed by atoms with Gasteiger partial charge in [0, 0.05) is 18.8 Å². The van der Waals surface area contributed by atoms with Crippen molar-refractivity contribution in [3.8, 4) is 0 Å². The van der Waals surface area contributed by atoms with E-state index >= 15 is 0 Å². The zero-order chi connectivity index (χ0) is 12.7. The van der Waals surface area contributed by atoms with Crippen molar-refractivity contribution in [3.63, 3.8) is 0 Å². The summed E-state index contributed by atoms with van der Waals surface area (Å²) in [5.41, 5.74) is 0. The standard InChI is InChI=1S/C11H18ClF2NOS/c12-3-4-15(8-10(13)14)11(16)7-9-1-5-17-6-2-9/h9-10H,1-8H2. The zero-order valence-electron chi connectivity index (χ0n) is 9.71. The van der Waals surface area contributed by atoms with E-state index in [9.17, 15) is 13.6 Å². The minimum absolute atomic E-state index is 0.178. The highest BCUT2D eigenvalue weighted by atomic mass is 35.5. The molecule has 0 bridgehead atoms. The Hall–Kier alpha value is -0.0300. The molecule has 0 atom stereocenters. The van der Waals surface area contributed by atoms with Crippen LogP contribution >= 0.6 is 23.4 Å². The van der Waals surface area contributed by atoms with Crippen molar-refractivity contribution in [1.82, 2.24) is 4.90 Å². The highest BCUT2D eigenvalue weighted by Crippen LogP contribution is 2.25. The molecule has 0 aromatic heterocycles. The number of amides is 1. The predicted octanol–water partition coefficient (Wildman–Crippen LogP) is 2.85. The van der Waals surface area contributed by atoms with E-state index in [1.807, 2.05) is 11.8 Å². The molecule has 1 saturated heterocycles. The van der Waals surface area contributed by atoms with Gasteiger partial charge in [0.1, 0.15) is 0 Å². The van der Waals surface area contributed by atoms with Crippen molar-refractivity contribution in [1.29, 1.82) is 0 Å². The minimum atomic E-state index is -2.48. The highest BCUT2D eigenvalue weighted by Gasteiger charge is 2.22. The number of alkyl halides is 3. The fraction of sp³-hybridized carbons (Fsp3) is 0.909. The van der Waals surface area contributed by atoms with E-state index in [4.69, 9.17) is 11.6 Å². The summed E-state index contributed by atoms with van der Waals surface area (Å²) in [6.07, 6.45) is -0.0619. The SMILES string of the molecule is O=C(CC1CCSCC1)N(CCCl)CC(F)F. The van der Waals surface area contributed by atoms with Crippen molar-refractivity contribution >= 4 is 29.3 Å². The summed E-state index contributed by atoms with van der Waals surface area (Å²) < 4.78 is 24.6. The molecule has 17 heavy (non-hydrogen) atoms. The van der Waals surface area contributed by atoms with Crippen LogP contribution in [0.25, 0.3) is 0 Å². The van der Waals surface area contributed by atoms with E-state index in [1.54, 1.807) is 0 Å². The summed E-state index contributed by atoms with van der Waals surface area (Å²) in [4.78, 5) is 13.1. The summed E-state index contributed by atoms with van der Waals surface area (Å²) in [6, 6.07) is 0. The fourth-order valence-electron chi connectivity index (χ4n) is 1.91. The second-order valence-corrected chi connectivity index (χ2v) is 5.78. The molecule has 2 nitrogen and oxygen atoms in total. The Labute approximate surface area is 110 Å². The fourth-order valence-corrected chi connectivity index (χ4v) is 3.32. The number of rotatable bonds is 6. The first-order valence-electron chi connectivity index (χ1n) is 5.83. The topological polar surface area (TPSA) is 20.3 Å². The monoisotopic (exact) mass is 285 g/mol. The molecular formula is C11H18ClF2NOS. The maximum absolute atomic E-state index is 12.3. The Morgan fingerprint density at radius 1 is 1.41 bits per heavy atom. The van der Waals surface area contributed by atoms with Gasteiger partial charge in [-0.05, 0) is 30.3 Å². The second kappa shape index (κ2) is 8.14. The second-order valence-electron chi connectivity index (χ2n) is 4.18. The van der Waals surface area contributed by atoms with E-state index in [-0.39, 0.29) is 18.3 Å². The average Bonchev–Trinajstić information content (AvgIpc) is 2.29. The van der Waals surface area contributed by atoms with E-state index < -0.39 is 13.0 Å². The first kappa shape index (κ1) is 15.0. The van der Waals surface area contributed by atoms with Crippen LogP contribution in [0.2, 0.25) is 0 Å². The lowest BCUT2D eigenvalue weighted by atomic mass is 9.98. The first-order chi connectivity index (χ1) is 8.13. The third-order valence-corrected chi connectivity index (χ3v) is 4.09. The van der Waals surface area contributed by atoms with Crippen LogP contribution in [0.15, 0.2) is 0 Å². The Balaban J connectivity index is 2.39. The molecular weight excluding hydrogens is 268 g/mol. The first-order valence-corrected chi connectivity index (χ1v) is 7.52. The number of hydrogen-bond acceptors (Lipinski definition) is 2. The molecule has 100 valence electrons. The van der Waals surface area contributed by atoms with Gasteiger partial charge in [0.15, 0.2) is 0 Å². The minimum Gasteiger partial charge on any atom is -0.336 e. The van der Waals surface area contributed by atoms with Gasteiger partial charge in [-0.25, -0.2) is 8.78 Å². The largest absolute Gasteiger partial charge is 0.336 e. The molecule has 0 aliphatic carbocycles. The van der Waals surface area contributed by atoms with Gasteiger partial charge in [0.05, 0.1) is 6.54 Å². The lowest BCUT2D eigenvalue weighted by molar-refractivity contribution is -0.133. The van der Waals surface area contributed by atoms with Crippen LogP contribution < -0.4 is 0 Å². The van der Waals surface area contributed by atoms with Crippen LogP contribution in [0.4, 0.5) is 8.78 Å². The quantitative estimate of drug-likeness (QED) is 0.700. The molecule has 0 aromatic rings. The lowest BCUT2D eigenvalue weighted by Gasteiger charge is -2.26. The van der Waals surface area contributed by atoms with Crippen LogP contribution in [-0.4, -0.2) is 47.7 Å². The van der Waals surface area contributed by atoms with Crippen LogP contribution in [0.1, 0.15) is 19.3 Å². The van der Waals surface area contributed by atoms with Gasteiger partial charge in [-0.15, -0.1) is 11.6 Å². The van der Waals surface area contributed by atoms with Gasteiger partial charge in [-0.1, -0.05) is 0 Å². The maximum atomic E-state index is 12.3. The highest BCUT2D eigenvalue weighted by molar-refractivity contribution is 7.99. The molecule has 6 heteroatoms. The Morgan fingerprint density at radius 3 is 2.59 bits per heavy atom. The molecule has 0 aromatic carbocycles. The molecule has 0 spiro atoms. The number of carbonyl (C=O) groups excluding carboxylic acids is 1. The van der Waals surface area contributed by atoms with Crippen molar-refractivity contribution in [2.75, 3.05) is 30.5 Å².